The molecule has 3 N–H and O–H groups in total. The molecule has 0 aromatic heterocycles. The standard InChI is InChI=1S/C10H21NO4S/c1-3-6-16(14,15)7-5-10(4-2,8-11)9(12)13/h3-8,11H2,1-2H3,(H,12,13). The average molecular weight is 251 g/mol. The molecule has 16 heavy (non-hydrogen) atoms. The highest BCUT2D eigenvalue weighted by molar-refractivity contribution is 7.91. The van der Waals surface area contributed by atoms with E-state index in [0.29, 0.717) is 12.8 Å². The van der Waals surface area contributed by atoms with Crippen molar-refractivity contribution in [1.82, 2.24) is 0 Å². The van der Waals surface area contributed by atoms with Gasteiger partial charge in [0, 0.05) is 12.3 Å². The molecule has 0 aliphatic carbocycles. The lowest BCUT2D eigenvalue weighted by Gasteiger charge is -2.26. The minimum absolute atomic E-state index is 0.0273. The van der Waals surface area contributed by atoms with Crippen LogP contribution in [0.15, 0.2) is 0 Å². The van der Waals surface area contributed by atoms with Gasteiger partial charge in [-0.3, -0.25) is 4.79 Å². The minimum atomic E-state index is -3.14. The number of rotatable bonds is 8. The first-order valence-electron chi connectivity index (χ1n) is 5.47. The third-order valence-electron chi connectivity index (χ3n) is 2.93. The minimum Gasteiger partial charge on any atom is -0.481 e. The molecule has 0 aliphatic rings. The molecular weight excluding hydrogens is 230 g/mol. The fourth-order valence-electron chi connectivity index (χ4n) is 1.53. The highest BCUT2D eigenvalue weighted by atomic mass is 32.2. The summed E-state index contributed by atoms with van der Waals surface area (Å²) >= 11 is 0. The zero-order valence-electron chi connectivity index (χ0n) is 9.90. The van der Waals surface area contributed by atoms with Crippen molar-refractivity contribution in [2.24, 2.45) is 11.1 Å². The van der Waals surface area contributed by atoms with Crippen molar-refractivity contribution in [3.8, 4) is 0 Å². The highest BCUT2D eigenvalue weighted by Gasteiger charge is 2.36. The van der Waals surface area contributed by atoms with Gasteiger partial charge in [0.2, 0.25) is 0 Å². The first-order valence-corrected chi connectivity index (χ1v) is 7.29. The molecule has 0 rings (SSSR count). The van der Waals surface area contributed by atoms with Crippen LogP contribution in [0.25, 0.3) is 0 Å². The van der Waals surface area contributed by atoms with Crippen molar-refractivity contribution in [2.75, 3.05) is 18.1 Å². The molecule has 0 radical (unpaired) electrons. The summed E-state index contributed by atoms with van der Waals surface area (Å²) in [7, 11) is -3.14. The van der Waals surface area contributed by atoms with E-state index in [1.165, 1.54) is 0 Å². The van der Waals surface area contributed by atoms with Crippen molar-refractivity contribution in [3.63, 3.8) is 0 Å². The molecule has 0 aromatic rings. The van der Waals surface area contributed by atoms with Gasteiger partial charge in [-0.2, -0.15) is 0 Å². The molecule has 6 heteroatoms. The van der Waals surface area contributed by atoms with Crippen LogP contribution in [0.1, 0.15) is 33.1 Å². The van der Waals surface area contributed by atoms with Crippen LogP contribution in [-0.2, 0) is 14.6 Å². The molecule has 5 nitrogen and oxygen atoms in total. The quantitative estimate of drug-likeness (QED) is 0.659. The lowest BCUT2D eigenvalue weighted by Crippen LogP contribution is -2.39. The molecule has 0 bridgehead atoms. The number of sulfone groups is 1. The molecule has 0 amide bonds. The molecule has 0 saturated heterocycles. The molecule has 0 saturated carbocycles. The van der Waals surface area contributed by atoms with E-state index in [1.807, 2.05) is 0 Å². The Labute approximate surface area is 96.9 Å². The molecule has 0 spiro atoms. The summed E-state index contributed by atoms with van der Waals surface area (Å²) < 4.78 is 23.0. The van der Waals surface area contributed by atoms with Crippen molar-refractivity contribution in [2.45, 2.75) is 33.1 Å². The van der Waals surface area contributed by atoms with Crippen LogP contribution in [0.4, 0.5) is 0 Å². The van der Waals surface area contributed by atoms with Crippen LogP contribution in [0.2, 0.25) is 0 Å². The molecular formula is C10H21NO4S. The normalized spacial score (nSPS) is 15.7. The Morgan fingerprint density at radius 2 is 1.88 bits per heavy atom. The number of carbonyl (C=O) groups is 1. The van der Waals surface area contributed by atoms with Gasteiger partial charge in [0.05, 0.1) is 11.2 Å². The van der Waals surface area contributed by atoms with E-state index in [1.54, 1.807) is 13.8 Å². The molecule has 96 valence electrons. The summed E-state index contributed by atoms with van der Waals surface area (Å²) in [6, 6.07) is 0. The number of carboxylic acids is 1. The predicted octanol–water partition coefficient (Wildman–Crippen LogP) is 0.641. The van der Waals surface area contributed by atoms with E-state index in [0.717, 1.165) is 0 Å². The fourth-order valence-corrected chi connectivity index (χ4v) is 3.06. The van der Waals surface area contributed by atoms with Crippen LogP contribution in [0.5, 0.6) is 0 Å². The van der Waals surface area contributed by atoms with Gasteiger partial charge in [0.15, 0.2) is 0 Å². The van der Waals surface area contributed by atoms with Crippen LogP contribution in [0, 0.1) is 5.41 Å². The third kappa shape index (κ3) is 4.09. The van der Waals surface area contributed by atoms with Crippen molar-refractivity contribution < 1.29 is 18.3 Å². The number of nitrogens with two attached hydrogens (primary N) is 1. The largest absolute Gasteiger partial charge is 0.481 e. The van der Waals surface area contributed by atoms with Crippen LogP contribution >= 0.6 is 0 Å². The Balaban J connectivity index is 4.62. The van der Waals surface area contributed by atoms with Gasteiger partial charge in [-0.1, -0.05) is 13.8 Å². The van der Waals surface area contributed by atoms with Gasteiger partial charge >= 0.3 is 5.97 Å². The number of carboxylic acid groups (broad SMARTS) is 1. The first kappa shape index (κ1) is 15.4. The van der Waals surface area contributed by atoms with E-state index in [2.05, 4.69) is 0 Å². The first-order chi connectivity index (χ1) is 7.33. The highest BCUT2D eigenvalue weighted by Crippen LogP contribution is 2.26. The van der Waals surface area contributed by atoms with E-state index in [9.17, 15) is 13.2 Å². The second-order valence-electron chi connectivity index (χ2n) is 4.04. The van der Waals surface area contributed by atoms with Gasteiger partial charge in [-0.15, -0.1) is 0 Å². The van der Waals surface area contributed by atoms with Crippen molar-refractivity contribution in [1.29, 1.82) is 0 Å². The van der Waals surface area contributed by atoms with E-state index < -0.39 is 21.2 Å². The summed E-state index contributed by atoms with van der Waals surface area (Å²) in [5, 5.41) is 9.08. The van der Waals surface area contributed by atoms with Crippen LogP contribution in [-0.4, -0.2) is 37.5 Å². The maximum Gasteiger partial charge on any atom is 0.310 e. The number of hydrogen-bond donors (Lipinski definition) is 2. The second kappa shape index (κ2) is 6.20. The molecule has 0 heterocycles. The van der Waals surface area contributed by atoms with Gasteiger partial charge in [-0.25, -0.2) is 8.42 Å². The predicted molar refractivity (Wildman–Crippen MR) is 63.0 cm³/mol. The molecule has 0 fully saturated rings. The zero-order valence-corrected chi connectivity index (χ0v) is 10.7. The van der Waals surface area contributed by atoms with E-state index >= 15 is 0 Å². The Bertz CT molecular complexity index is 320. The molecule has 1 unspecified atom stereocenters. The Morgan fingerprint density at radius 1 is 1.31 bits per heavy atom. The van der Waals surface area contributed by atoms with Gasteiger partial charge < -0.3 is 10.8 Å². The molecule has 0 aromatic carbocycles. The third-order valence-corrected chi connectivity index (χ3v) is 4.78. The Morgan fingerprint density at radius 3 is 2.19 bits per heavy atom. The summed E-state index contributed by atoms with van der Waals surface area (Å²) in [6.45, 7) is 3.47. The maximum atomic E-state index is 11.5. The van der Waals surface area contributed by atoms with E-state index in [-0.39, 0.29) is 24.5 Å². The summed E-state index contributed by atoms with van der Waals surface area (Å²) in [6.07, 6.45) is 0.995. The smallest absolute Gasteiger partial charge is 0.310 e. The lowest BCUT2D eigenvalue weighted by atomic mass is 9.83. The second-order valence-corrected chi connectivity index (χ2v) is 6.35. The summed E-state index contributed by atoms with van der Waals surface area (Å²) in [5.74, 6) is -1.00. The zero-order chi connectivity index (χ0) is 12.8. The van der Waals surface area contributed by atoms with Crippen molar-refractivity contribution >= 4 is 15.8 Å². The number of hydrogen-bond acceptors (Lipinski definition) is 4. The Hall–Kier alpha value is -0.620. The van der Waals surface area contributed by atoms with Crippen molar-refractivity contribution in [3.05, 3.63) is 0 Å². The van der Waals surface area contributed by atoms with Gasteiger partial charge in [0.1, 0.15) is 9.84 Å². The number of aliphatic carboxylic acids is 1. The SMILES string of the molecule is CCCS(=O)(=O)CCC(CC)(CN)C(=O)O. The summed E-state index contributed by atoms with van der Waals surface area (Å²) in [4.78, 5) is 11.1. The molecule has 0 aliphatic heterocycles. The molecule has 1 atom stereocenters. The lowest BCUT2D eigenvalue weighted by molar-refractivity contribution is -0.148. The monoisotopic (exact) mass is 251 g/mol. The van der Waals surface area contributed by atoms with Crippen LogP contribution < -0.4 is 5.73 Å². The van der Waals surface area contributed by atoms with Crippen LogP contribution in [0.3, 0.4) is 0 Å². The maximum absolute atomic E-state index is 11.5. The van der Waals surface area contributed by atoms with E-state index in [4.69, 9.17) is 10.8 Å². The fraction of sp³-hybridized carbons (Fsp3) is 0.900. The Kier molecular flexibility index (Phi) is 5.96. The van der Waals surface area contributed by atoms with Gasteiger partial charge in [-0.05, 0) is 19.3 Å². The average Bonchev–Trinajstić information content (AvgIpc) is 2.19. The summed E-state index contributed by atoms with van der Waals surface area (Å²) in [5.41, 5.74) is 4.35. The van der Waals surface area contributed by atoms with Gasteiger partial charge in [0.25, 0.3) is 0 Å². The topological polar surface area (TPSA) is 97.5 Å².